The van der Waals surface area contributed by atoms with Crippen LogP contribution in [0, 0.1) is 5.92 Å². The number of phenols is 2. The Hall–Kier alpha value is -3.39. The third-order valence-corrected chi connectivity index (χ3v) is 9.09. The summed E-state index contributed by atoms with van der Waals surface area (Å²) in [4.78, 5) is 49.7. The monoisotopic (exact) mass is 530 g/mol. The van der Waals surface area contributed by atoms with Crippen molar-refractivity contribution in [1.29, 1.82) is 0 Å². The van der Waals surface area contributed by atoms with E-state index in [1.165, 1.54) is 0 Å². The molecule has 35 heavy (non-hydrogen) atoms. The number of aromatic hydroxyl groups is 2. The van der Waals surface area contributed by atoms with Crippen LogP contribution in [0.5, 0.6) is 11.5 Å². The van der Waals surface area contributed by atoms with Gasteiger partial charge < -0.3 is 25.5 Å². The summed E-state index contributed by atoms with van der Waals surface area (Å²) in [6, 6.07) is -0.732. The predicted octanol–water partition coefficient (Wildman–Crippen LogP) is -0.194. The first-order valence-electron chi connectivity index (χ1n) is 10.3. The van der Waals surface area contributed by atoms with Gasteiger partial charge in [-0.1, -0.05) is 25.4 Å². The summed E-state index contributed by atoms with van der Waals surface area (Å²) in [5, 5.41) is 33.1. The molecule has 4 atom stereocenters. The number of carboxylic acid groups (broad SMARTS) is 1. The minimum Gasteiger partial charge on any atom is -0.504 e. The van der Waals surface area contributed by atoms with Crippen LogP contribution in [-0.4, -0.2) is 80.7 Å². The van der Waals surface area contributed by atoms with Crippen LogP contribution >= 0.6 is 11.6 Å². The number of benzene rings is 1. The van der Waals surface area contributed by atoms with Crippen molar-refractivity contribution < 1.29 is 42.9 Å². The number of halogens is 1. The highest BCUT2D eigenvalue weighted by Crippen LogP contribution is 2.45. The Bertz CT molecular complexity index is 1250. The molecule has 0 spiro atoms. The molecule has 0 bridgehead atoms. The molecular weight excluding hydrogens is 508 g/mol. The highest BCUT2D eigenvalue weighted by molar-refractivity contribution is 7.94. The third kappa shape index (κ3) is 4.16. The first-order valence-corrected chi connectivity index (χ1v) is 12.2. The van der Waals surface area contributed by atoms with Gasteiger partial charge in [0.2, 0.25) is 5.91 Å². The first-order chi connectivity index (χ1) is 16.1. The smallest absolute Gasteiger partial charge is 0.328 e. The van der Waals surface area contributed by atoms with Crippen LogP contribution in [0.1, 0.15) is 37.6 Å². The van der Waals surface area contributed by atoms with E-state index in [4.69, 9.17) is 11.6 Å². The zero-order valence-corrected chi connectivity index (χ0v) is 20.3. The number of hydrazone groups is 1. The summed E-state index contributed by atoms with van der Waals surface area (Å²) in [5.74, 6) is -5.59. The lowest BCUT2D eigenvalue weighted by atomic mass is 9.97. The molecule has 0 aromatic heterocycles. The number of hydrogen-bond donors (Lipinski definition) is 5. The van der Waals surface area contributed by atoms with Gasteiger partial charge in [-0.3, -0.25) is 14.4 Å². The number of carbonyl (C=O) groups is 4. The molecule has 13 nitrogen and oxygen atoms in total. The second-order valence-corrected chi connectivity index (χ2v) is 11.5. The number of sulfone groups is 1. The Kier molecular flexibility index (Phi) is 6.74. The summed E-state index contributed by atoms with van der Waals surface area (Å²) in [7, 11) is -4.16. The molecule has 0 unspecified atom stereocenters. The Balaban J connectivity index is 1.79. The van der Waals surface area contributed by atoms with E-state index in [2.05, 4.69) is 15.8 Å². The van der Waals surface area contributed by atoms with Crippen LogP contribution in [0.25, 0.3) is 0 Å². The van der Waals surface area contributed by atoms with Crippen molar-refractivity contribution >= 4 is 51.3 Å². The first kappa shape index (κ1) is 26.2. The van der Waals surface area contributed by atoms with E-state index in [-0.39, 0.29) is 12.0 Å². The van der Waals surface area contributed by atoms with E-state index < -0.39 is 78.2 Å². The Morgan fingerprint density at radius 2 is 1.91 bits per heavy atom. The number of aliphatic carboxylic acids is 1. The minimum atomic E-state index is -4.16. The van der Waals surface area contributed by atoms with Crippen LogP contribution < -0.4 is 10.7 Å². The fourth-order valence-corrected chi connectivity index (χ4v) is 6.44. The van der Waals surface area contributed by atoms with Crippen molar-refractivity contribution in [1.82, 2.24) is 15.6 Å². The van der Waals surface area contributed by atoms with Crippen molar-refractivity contribution in [3.05, 3.63) is 22.7 Å². The van der Waals surface area contributed by atoms with Crippen LogP contribution in [0.3, 0.4) is 0 Å². The molecule has 1 aromatic carbocycles. The fourth-order valence-electron chi connectivity index (χ4n) is 3.98. The number of carboxylic acids is 1. The molecule has 1 aromatic rings. The maximum absolute atomic E-state index is 12.9. The molecule has 2 fully saturated rings. The average molecular weight is 531 g/mol. The Morgan fingerprint density at radius 3 is 2.46 bits per heavy atom. The molecule has 190 valence electrons. The molecule has 5 N–H and O–H groups in total. The van der Waals surface area contributed by atoms with Crippen LogP contribution in [-0.2, 0) is 24.2 Å². The van der Waals surface area contributed by atoms with Gasteiger partial charge in [0, 0.05) is 6.21 Å². The predicted molar refractivity (Wildman–Crippen MR) is 122 cm³/mol. The van der Waals surface area contributed by atoms with Gasteiger partial charge in [0.1, 0.15) is 16.2 Å². The molecule has 2 aliphatic rings. The molecule has 0 aliphatic carbocycles. The summed E-state index contributed by atoms with van der Waals surface area (Å²) >= 11 is 5.88. The Morgan fingerprint density at radius 1 is 1.29 bits per heavy atom. The quantitative estimate of drug-likeness (QED) is 0.137. The number of nitrogens with zero attached hydrogens (tertiary/aromatic N) is 2. The van der Waals surface area contributed by atoms with Crippen molar-refractivity contribution in [3.8, 4) is 11.5 Å². The van der Waals surface area contributed by atoms with E-state index in [1.54, 1.807) is 13.8 Å². The normalized spacial score (nSPS) is 25.7. The lowest BCUT2D eigenvalue weighted by molar-refractivity contribution is -0.156. The topological polar surface area (TPSA) is 203 Å². The number of nitrogens with one attached hydrogen (secondary N) is 2. The zero-order chi connectivity index (χ0) is 26.5. The Labute approximate surface area is 204 Å². The molecule has 3 rings (SSSR count). The lowest BCUT2D eigenvalue weighted by Gasteiger charge is -2.35. The number of carbonyl (C=O) groups excluding carboxylic acids is 3. The summed E-state index contributed by atoms with van der Waals surface area (Å²) in [6.45, 7) is 4.30. The minimum absolute atomic E-state index is 0.216. The molecule has 15 heteroatoms. The van der Waals surface area contributed by atoms with Crippen molar-refractivity contribution in [2.75, 3.05) is 0 Å². The molecule has 3 amide bonds. The van der Waals surface area contributed by atoms with Crippen LogP contribution in [0.2, 0.25) is 5.02 Å². The second kappa shape index (κ2) is 9.00. The summed E-state index contributed by atoms with van der Waals surface area (Å²) < 4.78 is 23.6. The van der Waals surface area contributed by atoms with Gasteiger partial charge in [-0.2, -0.15) is 5.10 Å². The second-order valence-electron chi connectivity index (χ2n) is 8.65. The molecular formula is C20H23ClN4O9S. The van der Waals surface area contributed by atoms with Gasteiger partial charge in [0.05, 0.1) is 17.0 Å². The van der Waals surface area contributed by atoms with Crippen molar-refractivity contribution in [2.24, 2.45) is 11.0 Å². The molecule has 2 saturated heterocycles. The highest BCUT2D eigenvalue weighted by Gasteiger charge is 2.69. The summed E-state index contributed by atoms with van der Waals surface area (Å²) in [5.41, 5.74) is 1.88. The fraction of sp³-hybridized carbons (Fsp3) is 0.450. The largest absolute Gasteiger partial charge is 0.504 e. The van der Waals surface area contributed by atoms with E-state index in [9.17, 15) is 42.9 Å². The SMILES string of the molecule is CC(C)[C@H](NC(=O)c1ccc(O)c(O)c1Cl)C(=O)N/N=C/[C@@]1(C)[C@H](C(=O)O)N2C(=O)C[C@H]2S1(=O)=O. The third-order valence-electron chi connectivity index (χ3n) is 6.04. The standard InChI is InChI=1S/C20H23ClN4O9S/c1-8(2)14(23-17(29)9-4-5-10(26)15(28)13(9)21)18(30)24-22-7-20(3)16(19(31)32)25-11(27)6-12(25)35(20,33)34/h4-5,7-8,12,14,16,26,28H,6H2,1-3H3,(H,23,29)(H,24,30)(H,31,32)/b22-7+/t12-,14+,16+,20+/m1/s1. The van der Waals surface area contributed by atoms with Crippen LogP contribution in [0.15, 0.2) is 17.2 Å². The number of amides is 3. The molecule has 0 saturated carbocycles. The van der Waals surface area contributed by atoms with E-state index in [0.29, 0.717) is 0 Å². The molecule has 2 aliphatic heterocycles. The maximum Gasteiger partial charge on any atom is 0.328 e. The highest BCUT2D eigenvalue weighted by atomic mass is 35.5. The van der Waals surface area contributed by atoms with Gasteiger partial charge in [0.25, 0.3) is 11.8 Å². The van der Waals surface area contributed by atoms with Gasteiger partial charge in [-0.15, -0.1) is 0 Å². The lowest BCUT2D eigenvalue weighted by Crippen LogP contribution is -2.57. The number of β-lactam (4-membered cyclic amide) rings is 1. The summed E-state index contributed by atoms with van der Waals surface area (Å²) in [6.07, 6.45) is 0.428. The number of phenolic OH excluding ortho intramolecular Hbond substituents is 2. The van der Waals surface area contributed by atoms with Crippen molar-refractivity contribution in [2.45, 2.75) is 49.4 Å². The van der Waals surface area contributed by atoms with Gasteiger partial charge in [-0.25, -0.2) is 18.6 Å². The average Bonchev–Trinajstić information content (AvgIpc) is 2.90. The van der Waals surface area contributed by atoms with E-state index in [1.807, 2.05) is 0 Å². The van der Waals surface area contributed by atoms with Gasteiger partial charge in [-0.05, 0) is 25.0 Å². The van der Waals surface area contributed by atoms with Crippen molar-refractivity contribution in [3.63, 3.8) is 0 Å². The maximum atomic E-state index is 12.9. The van der Waals surface area contributed by atoms with Gasteiger partial charge >= 0.3 is 5.97 Å². The molecule has 2 heterocycles. The van der Waals surface area contributed by atoms with E-state index >= 15 is 0 Å². The van der Waals surface area contributed by atoms with E-state index in [0.717, 1.165) is 30.2 Å². The van der Waals surface area contributed by atoms with Gasteiger partial charge in [0.15, 0.2) is 27.4 Å². The van der Waals surface area contributed by atoms with Crippen LogP contribution in [0.4, 0.5) is 0 Å². The zero-order valence-electron chi connectivity index (χ0n) is 18.7. The molecule has 0 radical (unpaired) electrons. The number of rotatable bonds is 7. The number of hydrogen-bond acceptors (Lipinski definition) is 9. The number of fused-ring (bicyclic) bond motifs is 1.